The Kier molecular flexibility index (Phi) is 4.98. The Morgan fingerprint density at radius 2 is 2.05 bits per heavy atom. The molecule has 0 saturated carbocycles. The molecule has 0 aliphatic heterocycles. The zero-order valence-corrected chi connectivity index (χ0v) is 13.0. The van der Waals surface area contributed by atoms with Gasteiger partial charge in [-0.15, -0.1) is 0 Å². The van der Waals surface area contributed by atoms with Crippen LogP contribution in [0.2, 0.25) is 0 Å². The second-order valence-electron chi connectivity index (χ2n) is 5.37. The van der Waals surface area contributed by atoms with E-state index in [0.29, 0.717) is 11.9 Å². The number of ether oxygens (including phenoxy) is 1. The number of hydrogen-bond donors (Lipinski definition) is 2. The van der Waals surface area contributed by atoms with Crippen LogP contribution in [0.4, 0.5) is 17.5 Å². The normalized spacial score (nSPS) is 10.5. The summed E-state index contributed by atoms with van der Waals surface area (Å²) in [7, 11) is 1.65. The molecule has 0 atom stereocenters. The maximum Gasteiger partial charge on any atom is 0.229 e. The lowest BCUT2D eigenvalue weighted by atomic mass is 10.2. The predicted octanol–water partition coefficient (Wildman–Crippen LogP) is 3.61. The molecule has 0 spiro atoms. The van der Waals surface area contributed by atoms with Gasteiger partial charge in [0.05, 0.1) is 12.8 Å². The molecule has 2 aromatic rings. The van der Waals surface area contributed by atoms with Crippen molar-refractivity contribution >= 4 is 17.5 Å². The highest BCUT2D eigenvalue weighted by atomic mass is 16.5. The van der Waals surface area contributed by atoms with E-state index in [9.17, 15) is 0 Å². The van der Waals surface area contributed by atoms with Crippen molar-refractivity contribution in [3.63, 3.8) is 0 Å². The molecule has 1 aromatic heterocycles. The first-order valence-corrected chi connectivity index (χ1v) is 7.07. The largest absolute Gasteiger partial charge is 0.495 e. The van der Waals surface area contributed by atoms with E-state index in [-0.39, 0.29) is 0 Å². The van der Waals surface area contributed by atoms with Crippen molar-refractivity contribution in [3.05, 3.63) is 36.0 Å². The lowest BCUT2D eigenvalue weighted by Gasteiger charge is -2.12. The molecule has 0 amide bonds. The summed E-state index contributed by atoms with van der Waals surface area (Å²) in [6.45, 7) is 7.23. The quantitative estimate of drug-likeness (QED) is 0.849. The van der Waals surface area contributed by atoms with E-state index in [0.717, 1.165) is 29.4 Å². The summed E-state index contributed by atoms with van der Waals surface area (Å²) in [5, 5.41) is 6.49. The Morgan fingerprint density at radius 1 is 1.24 bits per heavy atom. The lowest BCUT2D eigenvalue weighted by molar-refractivity contribution is 0.416. The second kappa shape index (κ2) is 6.92. The number of methoxy groups -OCH3 is 1. The molecular weight excluding hydrogens is 264 g/mol. The number of hydrogen-bond acceptors (Lipinski definition) is 5. The number of nitrogens with zero attached hydrogens (tertiary/aromatic N) is 2. The van der Waals surface area contributed by atoms with Gasteiger partial charge in [0.2, 0.25) is 5.95 Å². The van der Waals surface area contributed by atoms with Crippen molar-refractivity contribution in [2.75, 3.05) is 24.3 Å². The predicted molar refractivity (Wildman–Crippen MR) is 86.4 cm³/mol. The van der Waals surface area contributed by atoms with Gasteiger partial charge in [-0.05, 0) is 36.6 Å². The summed E-state index contributed by atoms with van der Waals surface area (Å²) in [4.78, 5) is 8.71. The van der Waals surface area contributed by atoms with Crippen molar-refractivity contribution in [2.45, 2.75) is 20.8 Å². The number of rotatable bonds is 6. The average molecular weight is 286 g/mol. The third-order valence-corrected chi connectivity index (χ3v) is 2.95. The van der Waals surface area contributed by atoms with Crippen LogP contribution in [0.5, 0.6) is 5.75 Å². The summed E-state index contributed by atoms with van der Waals surface area (Å²) in [6, 6.07) is 7.81. The minimum Gasteiger partial charge on any atom is -0.495 e. The molecule has 0 fully saturated rings. The highest BCUT2D eigenvalue weighted by Gasteiger charge is 2.06. The van der Waals surface area contributed by atoms with Gasteiger partial charge in [-0.2, -0.15) is 4.98 Å². The van der Waals surface area contributed by atoms with Crippen molar-refractivity contribution in [1.29, 1.82) is 0 Å². The number of anilines is 3. The van der Waals surface area contributed by atoms with E-state index in [2.05, 4.69) is 34.4 Å². The number of aromatic nitrogens is 2. The van der Waals surface area contributed by atoms with Crippen LogP contribution in [-0.4, -0.2) is 23.6 Å². The SMILES string of the molecule is COc1ccc(C)cc1Nc1nccc(NCC(C)C)n1. The number of aryl methyl sites for hydroxylation is 1. The molecule has 0 aliphatic carbocycles. The zero-order valence-electron chi connectivity index (χ0n) is 13.0. The van der Waals surface area contributed by atoms with Crippen LogP contribution in [0.25, 0.3) is 0 Å². The molecule has 112 valence electrons. The van der Waals surface area contributed by atoms with Gasteiger partial charge < -0.3 is 15.4 Å². The molecule has 1 heterocycles. The molecule has 5 heteroatoms. The van der Waals surface area contributed by atoms with Crippen LogP contribution in [-0.2, 0) is 0 Å². The summed E-state index contributed by atoms with van der Waals surface area (Å²) in [5.74, 6) is 2.69. The smallest absolute Gasteiger partial charge is 0.229 e. The Hall–Kier alpha value is -2.30. The maximum absolute atomic E-state index is 5.35. The molecular formula is C16H22N4O. The number of nitrogens with one attached hydrogen (secondary N) is 2. The van der Waals surface area contributed by atoms with Gasteiger partial charge in [0.15, 0.2) is 0 Å². The fourth-order valence-corrected chi connectivity index (χ4v) is 1.87. The summed E-state index contributed by atoms with van der Waals surface area (Å²) >= 11 is 0. The summed E-state index contributed by atoms with van der Waals surface area (Å²) in [5.41, 5.74) is 2.01. The first kappa shape index (κ1) is 15.1. The second-order valence-corrected chi connectivity index (χ2v) is 5.37. The molecule has 21 heavy (non-hydrogen) atoms. The zero-order chi connectivity index (χ0) is 15.2. The standard InChI is InChI=1S/C16H22N4O/c1-11(2)10-18-15-7-8-17-16(20-15)19-13-9-12(3)5-6-14(13)21-4/h5-9,11H,10H2,1-4H3,(H2,17,18,19,20). The molecule has 2 rings (SSSR count). The van der Waals surface area contributed by atoms with Crippen LogP contribution in [0, 0.1) is 12.8 Å². The Balaban J connectivity index is 2.16. The summed E-state index contributed by atoms with van der Waals surface area (Å²) < 4.78 is 5.35. The number of benzene rings is 1. The Labute approximate surface area is 125 Å². The van der Waals surface area contributed by atoms with E-state index >= 15 is 0 Å². The van der Waals surface area contributed by atoms with Crippen molar-refractivity contribution in [1.82, 2.24) is 9.97 Å². The van der Waals surface area contributed by atoms with Gasteiger partial charge in [-0.1, -0.05) is 19.9 Å². The monoisotopic (exact) mass is 286 g/mol. The Bertz CT molecular complexity index is 599. The van der Waals surface area contributed by atoms with Gasteiger partial charge in [0.1, 0.15) is 11.6 Å². The highest BCUT2D eigenvalue weighted by Crippen LogP contribution is 2.27. The Morgan fingerprint density at radius 3 is 2.76 bits per heavy atom. The first-order chi connectivity index (χ1) is 10.1. The topological polar surface area (TPSA) is 59.1 Å². The first-order valence-electron chi connectivity index (χ1n) is 7.07. The van der Waals surface area contributed by atoms with Crippen LogP contribution in [0.15, 0.2) is 30.5 Å². The van der Waals surface area contributed by atoms with Gasteiger partial charge in [-0.3, -0.25) is 0 Å². The minimum atomic E-state index is 0.549. The van der Waals surface area contributed by atoms with E-state index in [1.165, 1.54) is 0 Å². The van der Waals surface area contributed by atoms with Crippen molar-refractivity contribution in [2.24, 2.45) is 5.92 Å². The molecule has 1 aromatic carbocycles. The van der Waals surface area contributed by atoms with E-state index in [4.69, 9.17) is 4.74 Å². The fraction of sp³-hybridized carbons (Fsp3) is 0.375. The molecule has 0 aliphatic rings. The third kappa shape index (κ3) is 4.34. The van der Waals surface area contributed by atoms with Gasteiger partial charge >= 0.3 is 0 Å². The van der Waals surface area contributed by atoms with E-state index in [1.807, 2.05) is 31.2 Å². The molecule has 0 unspecified atom stereocenters. The van der Waals surface area contributed by atoms with Gasteiger partial charge in [-0.25, -0.2) is 4.98 Å². The van der Waals surface area contributed by atoms with Gasteiger partial charge in [0.25, 0.3) is 0 Å². The lowest BCUT2D eigenvalue weighted by Crippen LogP contribution is -2.10. The molecule has 0 bridgehead atoms. The molecule has 5 nitrogen and oxygen atoms in total. The third-order valence-electron chi connectivity index (χ3n) is 2.95. The molecule has 2 N–H and O–H groups in total. The van der Waals surface area contributed by atoms with Crippen LogP contribution in [0.3, 0.4) is 0 Å². The van der Waals surface area contributed by atoms with E-state index in [1.54, 1.807) is 13.3 Å². The maximum atomic E-state index is 5.35. The van der Waals surface area contributed by atoms with E-state index < -0.39 is 0 Å². The van der Waals surface area contributed by atoms with Crippen molar-refractivity contribution in [3.8, 4) is 5.75 Å². The fourth-order valence-electron chi connectivity index (χ4n) is 1.87. The van der Waals surface area contributed by atoms with Crippen molar-refractivity contribution < 1.29 is 4.74 Å². The molecule has 0 radical (unpaired) electrons. The van der Waals surface area contributed by atoms with Crippen LogP contribution >= 0.6 is 0 Å². The van der Waals surface area contributed by atoms with Crippen LogP contribution < -0.4 is 15.4 Å². The minimum absolute atomic E-state index is 0.549. The average Bonchev–Trinajstić information content (AvgIpc) is 2.46. The summed E-state index contributed by atoms with van der Waals surface area (Å²) in [6.07, 6.45) is 1.74. The highest BCUT2D eigenvalue weighted by molar-refractivity contribution is 5.64. The van der Waals surface area contributed by atoms with Gasteiger partial charge in [0, 0.05) is 12.7 Å². The van der Waals surface area contributed by atoms with Crippen LogP contribution in [0.1, 0.15) is 19.4 Å². The molecule has 0 saturated heterocycles.